The van der Waals surface area contributed by atoms with Crippen molar-refractivity contribution in [2.45, 2.75) is 12.5 Å². The zero-order valence-corrected chi connectivity index (χ0v) is 9.35. The van der Waals surface area contributed by atoms with Gasteiger partial charge < -0.3 is 9.64 Å². The van der Waals surface area contributed by atoms with E-state index in [1.165, 1.54) is 6.08 Å². The highest BCUT2D eigenvalue weighted by molar-refractivity contribution is 6.02. The van der Waals surface area contributed by atoms with Crippen LogP contribution in [0.5, 0.6) is 0 Å². The lowest BCUT2D eigenvalue weighted by atomic mass is 9.99. The Balaban J connectivity index is 2.38. The van der Waals surface area contributed by atoms with Crippen LogP contribution in [0.15, 0.2) is 36.9 Å². The van der Waals surface area contributed by atoms with Gasteiger partial charge in [-0.25, -0.2) is 0 Å². The van der Waals surface area contributed by atoms with E-state index in [2.05, 4.69) is 6.58 Å². The minimum absolute atomic E-state index is 0.0683. The maximum absolute atomic E-state index is 11.7. The fourth-order valence-corrected chi connectivity index (χ4v) is 2.04. The number of carbonyl (C=O) groups is 1. The summed E-state index contributed by atoms with van der Waals surface area (Å²) in [5.74, 6) is -0.0748. The Morgan fingerprint density at radius 2 is 2.31 bits per heavy atom. The van der Waals surface area contributed by atoms with Crippen LogP contribution in [0.4, 0.5) is 5.69 Å². The lowest BCUT2D eigenvalue weighted by molar-refractivity contribution is -0.114. The molecular formula is C13H15NO2. The van der Waals surface area contributed by atoms with Crippen LogP contribution in [0.3, 0.4) is 0 Å². The Hall–Kier alpha value is -1.61. The van der Waals surface area contributed by atoms with Gasteiger partial charge in [0, 0.05) is 19.2 Å². The third-order valence-electron chi connectivity index (χ3n) is 2.89. The van der Waals surface area contributed by atoms with E-state index in [0.29, 0.717) is 6.54 Å². The molecule has 1 unspecified atom stereocenters. The molecule has 3 heteroatoms. The number of ether oxygens (including phenoxy) is 1. The smallest absolute Gasteiger partial charge is 0.250 e. The van der Waals surface area contributed by atoms with Crippen LogP contribution in [-0.2, 0) is 16.0 Å². The van der Waals surface area contributed by atoms with Gasteiger partial charge in [0.05, 0.1) is 12.6 Å². The highest BCUT2D eigenvalue weighted by Crippen LogP contribution is 2.27. The normalized spacial score (nSPS) is 19.1. The van der Waals surface area contributed by atoms with Crippen LogP contribution in [0, 0.1) is 0 Å². The highest BCUT2D eigenvalue weighted by atomic mass is 16.5. The molecule has 0 fully saturated rings. The van der Waals surface area contributed by atoms with E-state index in [1.807, 2.05) is 24.3 Å². The molecule has 1 amide bonds. The average molecular weight is 217 g/mol. The number of fused-ring (bicyclic) bond motifs is 1. The summed E-state index contributed by atoms with van der Waals surface area (Å²) >= 11 is 0. The number of methoxy groups -OCH3 is 1. The highest BCUT2D eigenvalue weighted by Gasteiger charge is 2.26. The van der Waals surface area contributed by atoms with Gasteiger partial charge in [0.2, 0.25) is 5.91 Å². The molecule has 0 aliphatic carbocycles. The molecule has 16 heavy (non-hydrogen) atoms. The van der Waals surface area contributed by atoms with Gasteiger partial charge in [-0.1, -0.05) is 24.8 Å². The Kier molecular flexibility index (Phi) is 3.06. The molecule has 1 aliphatic heterocycles. The largest absolute Gasteiger partial charge is 0.379 e. The summed E-state index contributed by atoms with van der Waals surface area (Å²) in [4.78, 5) is 13.5. The van der Waals surface area contributed by atoms with Gasteiger partial charge in [-0.3, -0.25) is 4.79 Å². The number of benzene rings is 1. The van der Waals surface area contributed by atoms with Crippen molar-refractivity contribution < 1.29 is 9.53 Å². The van der Waals surface area contributed by atoms with Gasteiger partial charge in [-0.15, -0.1) is 0 Å². The second-order valence-electron chi connectivity index (χ2n) is 3.84. The van der Waals surface area contributed by atoms with Gasteiger partial charge in [0.1, 0.15) is 0 Å². The van der Waals surface area contributed by atoms with Gasteiger partial charge >= 0.3 is 0 Å². The molecule has 1 aromatic carbocycles. The Morgan fingerprint density at radius 1 is 1.56 bits per heavy atom. The Bertz CT molecular complexity index is 414. The van der Waals surface area contributed by atoms with Crippen molar-refractivity contribution >= 4 is 11.6 Å². The average Bonchev–Trinajstić information content (AvgIpc) is 2.36. The summed E-state index contributed by atoms with van der Waals surface area (Å²) in [7, 11) is 1.68. The fraction of sp³-hybridized carbons (Fsp3) is 0.308. The minimum atomic E-state index is -0.0748. The SMILES string of the molecule is C=CC(=O)N1CC(OC)Cc2ccccc21. The molecule has 0 bridgehead atoms. The maximum atomic E-state index is 11.7. The van der Waals surface area contributed by atoms with Crippen LogP contribution in [0.25, 0.3) is 0 Å². The number of amides is 1. The maximum Gasteiger partial charge on any atom is 0.250 e. The monoisotopic (exact) mass is 217 g/mol. The molecule has 0 aromatic heterocycles. The summed E-state index contributed by atoms with van der Waals surface area (Å²) in [5.41, 5.74) is 2.12. The number of nitrogens with zero attached hydrogens (tertiary/aromatic N) is 1. The zero-order chi connectivity index (χ0) is 11.5. The van der Waals surface area contributed by atoms with Crippen molar-refractivity contribution in [1.82, 2.24) is 0 Å². The molecule has 0 saturated heterocycles. The van der Waals surface area contributed by atoms with E-state index in [0.717, 1.165) is 17.7 Å². The number of hydrogen-bond acceptors (Lipinski definition) is 2. The summed E-state index contributed by atoms with van der Waals surface area (Å²) in [5, 5.41) is 0. The van der Waals surface area contributed by atoms with Crippen molar-refractivity contribution in [3.05, 3.63) is 42.5 Å². The molecule has 0 radical (unpaired) electrons. The molecule has 1 aromatic rings. The summed E-state index contributed by atoms with van der Waals surface area (Å²) in [6.07, 6.45) is 2.27. The number of hydrogen-bond donors (Lipinski definition) is 0. The summed E-state index contributed by atoms with van der Waals surface area (Å²) in [6, 6.07) is 7.91. The lowest BCUT2D eigenvalue weighted by Gasteiger charge is -2.33. The first-order valence-electron chi connectivity index (χ1n) is 5.31. The van der Waals surface area contributed by atoms with E-state index < -0.39 is 0 Å². The second-order valence-corrected chi connectivity index (χ2v) is 3.84. The summed E-state index contributed by atoms with van der Waals surface area (Å²) in [6.45, 7) is 4.12. The van der Waals surface area contributed by atoms with E-state index in [1.54, 1.807) is 12.0 Å². The van der Waals surface area contributed by atoms with Crippen LogP contribution in [0.1, 0.15) is 5.56 Å². The van der Waals surface area contributed by atoms with E-state index in [9.17, 15) is 4.79 Å². The molecule has 0 N–H and O–H groups in total. The Morgan fingerprint density at radius 3 is 3.00 bits per heavy atom. The molecule has 3 nitrogen and oxygen atoms in total. The molecule has 0 saturated carbocycles. The molecule has 84 valence electrons. The number of para-hydroxylation sites is 1. The third-order valence-corrected chi connectivity index (χ3v) is 2.89. The van der Waals surface area contributed by atoms with Crippen molar-refractivity contribution in [1.29, 1.82) is 0 Å². The topological polar surface area (TPSA) is 29.5 Å². The molecule has 1 atom stereocenters. The number of rotatable bonds is 2. The lowest BCUT2D eigenvalue weighted by Crippen LogP contribution is -2.42. The van der Waals surface area contributed by atoms with Gasteiger partial charge in [0.25, 0.3) is 0 Å². The van der Waals surface area contributed by atoms with Gasteiger partial charge in [0.15, 0.2) is 0 Å². The number of anilines is 1. The van der Waals surface area contributed by atoms with Crippen molar-refractivity contribution in [3.8, 4) is 0 Å². The molecule has 1 heterocycles. The standard InChI is InChI=1S/C13H15NO2/c1-3-13(15)14-9-11(16-2)8-10-6-4-5-7-12(10)14/h3-7,11H,1,8-9H2,2H3. The fourth-order valence-electron chi connectivity index (χ4n) is 2.04. The second kappa shape index (κ2) is 4.49. The van der Waals surface area contributed by atoms with Crippen LogP contribution in [0.2, 0.25) is 0 Å². The van der Waals surface area contributed by atoms with Gasteiger partial charge in [-0.2, -0.15) is 0 Å². The summed E-state index contributed by atoms with van der Waals surface area (Å²) < 4.78 is 5.34. The Labute approximate surface area is 95.3 Å². The van der Waals surface area contributed by atoms with E-state index in [-0.39, 0.29) is 12.0 Å². The first-order valence-corrected chi connectivity index (χ1v) is 5.31. The number of carbonyl (C=O) groups excluding carboxylic acids is 1. The van der Waals surface area contributed by atoms with E-state index in [4.69, 9.17) is 4.74 Å². The van der Waals surface area contributed by atoms with Crippen molar-refractivity contribution in [3.63, 3.8) is 0 Å². The van der Waals surface area contributed by atoms with Crippen LogP contribution in [-0.4, -0.2) is 25.7 Å². The third kappa shape index (κ3) is 1.86. The molecular weight excluding hydrogens is 202 g/mol. The predicted molar refractivity (Wildman–Crippen MR) is 63.5 cm³/mol. The minimum Gasteiger partial charge on any atom is -0.379 e. The quantitative estimate of drug-likeness (QED) is 0.707. The van der Waals surface area contributed by atoms with Crippen LogP contribution < -0.4 is 4.90 Å². The zero-order valence-electron chi connectivity index (χ0n) is 9.35. The van der Waals surface area contributed by atoms with Gasteiger partial charge in [-0.05, 0) is 17.7 Å². The first kappa shape index (κ1) is 10.9. The van der Waals surface area contributed by atoms with E-state index >= 15 is 0 Å². The first-order chi connectivity index (χ1) is 7.76. The predicted octanol–water partition coefficient (Wildman–Crippen LogP) is 1.78. The van der Waals surface area contributed by atoms with Crippen molar-refractivity contribution in [2.24, 2.45) is 0 Å². The molecule has 0 spiro atoms. The molecule has 1 aliphatic rings. The van der Waals surface area contributed by atoms with Crippen molar-refractivity contribution in [2.75, 3.05) is 18.6 Å². The molecule has 2 rings (SSSR count). The van der Waals surface area contributed by atoms with Crippen LogP contribution >= 0.6 is 0 Å².